The van der Waals surface area contributed by atoms with E-state index < -0.39 is 0 Å². The Morgan fingerprint density at radius 1 is 1.36 bits per heavy atom. The molecule has 0 aliphatic heterocycles. The quantitative estimate of drug-likeness (QED) is 0.780. The Morgan fingerprint density at radius 2 is 2.07 bits per heavy atom. The van der Waals surface area contributed by atoms with Crippen molar-refractivity contribution in [2.24, 2.45) is 11.8 Å². The standard InChI is InChI=1S/C12H15FO/c13-12-4-2-1-3-10(12)7-11(8-14)9-5-6-9/h1-4,9,11,14H,5-8H2. The van der Waals surface area contributed by atoms with Gasteiger partial charge in [0.1, 0.15) is 5.82 Å². The molecular weight excluding hydrogens is 179 g/mol. The van der Waals surface area contributed by atoms with Gasteiger partial charge in [0.2, 0.25) is 0 Å². The molecule has 1 saturated carbocycles. The summed E-state index contributed by atoms with van der Waals surface area (Å²) in [7, 11) is 0. The Labute approximate surface area is 83.6 Å². The Morgan fingerprint density at radius 3 is 2.64 bits per heavy atom. The molecule has 1 aromatic rings. The van der Waals surface area contributed by atoms with Gasteiger partial charge in [-0.1, -0.05) is 18.2 Å². The first-order chi connectivity index (χ1) is 6.81. The predicted molar refractivity (Wildman–Crippen MR) is 53.4 cm³/mol. The van der Waals surface area contributed by atoms with Crippen molar-refractivity contribution < 1.29 is 9.50 Å². The van der Waals surface area contributed by atoms with E-state index in [0.29, 0.717) is 12.3 Å². The van der Waals surface area contributed by atoms with E-state index in [2.05, 4.69) is 0 Å². The van der Waals surface area contributed by atoms with E-state index in [1.807, 2.05) is 6.07 Å². The van der Waals surface area contributed by atoms with Crippen LogP contribution in [-0.2, 0) is 6.42 Å². The number of hydrogen-bond donors (Lipinski definition) is 1. The van der Waals surface area contributed by atoms with Crippen molar-refractivity contribution in [1.29, 1.82) is 0 Å². The molecule has 0 spiro atoms. The molecule has 1 aliphatic carbocycles. The largest absolute Gasteiger partial charge is 0.396 e. The zero-order valence-corrected chi connectivity index (χ0v) is 8.12. The highest BCUT2D eigenvalue weighted by Gasteiger charge is 2.30. The first kappa shape index (κ1) is 9.66. The minimum atomic E-state index is -0.147. The third kappa shape index (κ3) is 2.13. The maximum Gasteiger partial charge on any atom is 0.126 e. The zero-order valence-electron chi connectivity index (χ0n) is 8.12. The lowest BCUT2D eigenvalue weighted by atomic mass is 9.95. The summed E-state index contributed by atoms with van der Waals surface area (Å²) in [6.07, 6.45) is 3.06. The molecule has 2 rings (SSSR count). The van der Waals surface area contributed by atoms with Crippen LogP contribution in [0.25, 0.3) is 0 Å². The van der Waals surface area contributed by atoms with Crippen molar-refractivity contribution in [2.75, 3.05) is 6.61 Å². The van der Waals surface area contributed by atoms with Gasteiger partial charge in [-0.25, -0.2) is 4.39 Å². The molecule has 0 aromatic heterocycles. The fourth-order valence-corrected chi connectivity index (χ4v) is 1.89. The first-order valence-electron chi connectivity index (χ1n) is 5.15. The average molecular weight is 194 g/mol. The van der Waals surface area contributed by atoms with Gasteiger partial charge in [0.25, 0.3) is 0 Å². The summed E-state index contributed by atoms with van der Waals surface area (Å²) in [5, 5.41) is 9.17. The van der Waals surface area contributed by atoms with Crippen LogP contribution < -0.4 is 0 Å². The molecule has 1 aliphatic rings. The highest BCUT2D eigenvalue weighted by molar-refractivity contribution is 5.18. The van der Waals surface area contributed by atoms with Crippen LogP contribution in [0.15, 0.2) is 24.3 Å². The van der Waals surface area contributed by atoms with E-state index in [1.54, 1.807) is 12.1 Å². The van der Waals surface area contributed by atoms with Gasteiger partial charge in [-0.3, -0.25) is 0 Å². The van der Waals surface area contributed by atoms with Crippen LogP contribution in [0.5, 0.6) is 0 Å². The van der Waals surface area contributed by atoms with Crippen LogP contribution >= 0.6 is 0 Å². The van der Waals surface area contributed by atoms with E-state index in [9.17, 15) is 4.39 Å². The van der Waals surface area contributed by atoms with Crippen LogP contribution in [0.4, 0.5) is 4.39 Å². The van der Waals surface area contributed by atoms with Crippen LogP contribution in [0.2, 0.25) is 0 Å². The van der Waals surface area contributed by atoms with Crippen molar-refractivity contribution in [3.63, 3.8) is 0 Å². The molecule has 1 unspecified atom stereocenters. The minimum absolute atomic E-state index is 0.147. The summed E-state index contributed by atoms with van der Waals surface area (Å²) in [5.74, 6) is 0.734. The van der Waals surface area contributed by atoms with Gasteiger partial charge in [0.05, 0.1) is 0 Å². The SMILES string of the molecule is OCC(Cc1ccccc1F)C1CC1. The first-order valence-corrected chi connectivity index (χ1v) is 5.15. The predicted octanol–water partition coefficient (Wildman–Crippen LogP) is 2.39. The monoisotopic (exact) mass is 194 g/mol. The number of hydrogen-bond acceptors (Lipinski definition) is 1. The van der Waals surface area contributed by atoms with E-state index in [0.717, 1.165) is 5.56 Å². The number of aliphatic hydroxyl groups excluding tert-OH is 1. The lowest BCUT2D eigenvalue weighted by Crippen LogP contribution is -2.12. The topological polar surface area (TPSA) is 20.2 Å². The van der Waals surface area contributed by atoms with Gasteiger partial charge in [-0.15, -0.1) is 0 Å². The molecule has 1 atom stereocenters. The number of halogens is 1. The average Bonchev–Trinajstić information content (AvgIpc) is 3.00. The second-order valence-electron chi connectivity index (χ2n) is 4.08. The van der Waals surface area contributed by atoms with Crippen molar-refractivity contribution in [2.45, 2.75) is 19.3 Å². The van der Waals surface area contributed by atoms with Crippen LogP contribution in [0.3, 0.4) is 0 Å². The lowest BCUT2D eigenvalue weighted by molar-refractivity contribution is 0.208. The molecule has 1 nitrogen and oxygen atoms in total. The summed E-state index contributed by atoms with van der Waals surface area (Å²) in [6, 6.07) is 6.83. The molecule has 0 heterocycles. The lowest BCUT2D eigenvalue weighted by Gasteiger charge is -2.13. The fraction of sp³-hybridized carbons (Fsp3) is 0.500. The smallest absolute Gasteiger partial charge is 0.126 e. The molecule has 1 N–H and O–H groups in total. The molecule has 0 bridgehead atoms. The van der Waals surface area contributed by atoms with E-state index in [1.165, 1.54) is 18.9 Å². The Hall–Kier alpha value is -0.890. The van der Waals surface area contributed by atoms with Crippen molar-refractivity contribution in [3.8, 4) is 0 Å². The van der Waals surface area contributed by atoms with Gasteiger partial charge in [-0.05, 0) is 42.7 Å². The van der Waals surface area contributed by atoms with Gasteiger partial charge < -0.3 is 5.11 Å². The van der Waals surface area contributed by atoms with Gasteiger partial charge in [0, 0.05) is 6.61 Å². The number of rotatable bonds is 4. The maximum absolute atomic E-state index is 13.3. The molecule has 0 saturated heterocycles. The van der Waals surface area contributed by atoms with E-state index in [-0.39, 0.29) is 18.3 Å². The van der Waals surface area contributed by atoms with E-state index in [4.69, 9.17) is 5.11 Å². The fourth-order valence-electron chi connectivity index (χ4n) is 1.89. The van der Waals surface area contributed by atoms with Gasteiger partial charge >= 0.3 is 0 Å². The normalized spacial score (nSPS) is 18.1. The molecular formula is C12H15FO. The molecule has 0 radical (unpaired) electrons. The molecule has 1 aromatic carbocycles. The molecule has 14 heavy (non-hydrogen) atoms. The second-order valence-corrected chi connectivity index (χ2v) is 4.08. The molecule has 76 valence electrons. The van der Waals surface area contributed by atoms with Gasteiger partial charge in [0.15, 0.2) is 0 Å². The van der Waals surface area contributed by atoms with Crippen molar-refractivity contribution in [3.05, 3.63) is 35.6 Å². The third-order valence-electron chi connectivity index (χ3n) is 2.96. The maximum atomic E-state index is 13.3. The number of benzene rings is 1. The summed E-state index contributed by atoms with van der Waals surface area (Å²) in [6.45, 7) is 0.180. The highest BCUT2D eigenvalue weighted by Crippen LogP contribution is 2.38. The van der Waals surface area contributed by atoms with Crippen LogP contribution in [0, 0.1) is 17.7 Å². The molecule has 1 fully saturated rings. The third-order valence-corrected chi connectivity index (χ3v) is 2.96. The Kier molecular flexibility index (Phi) is 2.82. The Bertz CT molecular complexity index is 307. The molecule has 0 amide bonds. The summed E-state index contributed by atoms with van der Waals surface area (Å²) in [5.41, 5.74) is 0.735. The highest BCUT2D eigenvalue weighted by atomic mass is 19.1. The summed E-state index contributed by atoms with van der Waals surface area (Å²) < 4.78 is 13.3. The number of aliphatic hydroxyl groups is 1. The Balaban J connectivity index is 2.04. The van der Waals surface area contributed by atoms with E-state index >= 15 is 0 Å². The van der Waals surface area contributed by atoms with Crippen LogP contribution in [0.1, 0.15) is 18.4 Å². The van der Waals surface area contributed by atoms with Crippen molar-refractivity contribution >= 4 is 0 Å². The van der Waals surface area contributed by atoms with Gasteiger partial charge in [-0.2, -0.15) is 0 Å². The minimum Gasteiger partial charge on any atom is -0.396 e. The zero-order chi connectivity index (χ0) is 9.97. The summed E-state index contributed by atoms with van der Waals surface area (Å²) in [4.78, 5) is 0. The molecule has 2 heteroatoms. The second kappa shape index (κ2) is 4.09. The van der Waals surface area contributed by atoms with Crippen LogP contribution in [-0.4, -0.2) is 11.7 Å². The summed E-state index contributed by atoms with van der Waals surface area (Å²) >= 11 is 0. The van der Waals surface area contributed by atoms with Crippen molar-refractivity contribution in [1.82, 2.24) is 0 Å².